The highest BCUT2D eigenvalue weighted by atomic mass is 19.1. The van der Waals surface area contributed by atoms with Crippen molar-refractivity contribution in [2.75, 3.05) is 0 Å². The second-order valence-electron chi connectivity index (χ2n) is 4.96. The molecule has 3 aromatic rings. The minimum absolute atomic E-state index is 0.323. The molecule has 0 saturated heterocycles. The summed E-state index contributed by atoms with van der Waals surface area (Å²) in [5.74, 6) is 0.231. The van der Waals surface area contributed by atoms with E-state index >= 15 is 0 Å². The zero-order valence-corrected chi connectivity index (χ0v) is 10.3. The van der Waals surface area contributed by atoms with Crippen LogP contribution in [0.25, 0.3) is 16.8 Å². The summed E-state index contributed by atoms with van der Waals surface area (Å²) in [5.41, 5.74) is 3.96. The predicted molar refractivity (Wildman–Crippen MR) is 70.4 cm³/mol. The van der Waals surface area contributed by atoms with E-state index in [1.807, 2.05) is 22.8 Å². The highest BCUT2D eigenvalue weighted by Gasteiger charge is 2.30. The Balaban J connectivity index is 2.00. The number of fused-ring (bicyclic) bond motifs is 1. The molecular weight excluding hydrogens is 241 g/mol. The third-order valence-electron chi connectivity index (χ3n) is 3.54. The highest BCUT2D eigenvalue weighted by molar-refractivity contribution is 5.74. The minimum atomic E-state index is -0.323. The topological polar surface area (TPSA) is 30.2 Å². The first kappa shape index (κ1) is 10.7. The quantitative estimate of drug-likeness (QED) is 0.700. The maximum atomic E-state index is 13.4. The molecule has 0 atom stereocenters. The van der Waals surface area contributed by atoms with Crippen molar-refractivity contribution in [1.82, 2.24) is 14.6 Å². The van der Waals surface area contributed by atoms with E-state index in [0.29, 0.717) is 5.92 Å². The standard InChI is InChI=1S/C15H12FN3/c16-12-7-11(8-17-9-12)15-14(10-4-5-10)13-3-1-2-6-19(13)18-15/h1-3,6-10H,4-5H2. The fourth-order valence-corrected chi connectivity index (χ4v) is 2.55. The van der Waals surface area contributed by atoms with E-state index in [4.69, 9.17) is 0 Å². The van der Waals surface area contributed by atoms with Crippen molar-refractivity contribution in [2.45, 2.75) is 18.8 Å². The van der Waals surface area contributed by atoms with Crippen molar-refractivity contribution in [1.29, 1.82) is 0 Å². The van der Waals surface area contributed by atoms with Gasteiger partial charge in [-0.3, -0.25) is 4.98 Å². The summed E-state index contributed by atoms with van der Waals surface area (Å²) in [7, 11) is 0. The van der Waals surface area contributed by atoms with Gasteiger partial charge < -0.3 is 0 Å². The Morgan fingerprint density at radius 3 is 2.89 bits per heavy atom. The van der Waals surface area contributed by atoms with Gasteiger partial charge in [-0.2, -0.15) is 5.10 Å². The molecule has 94 valence electrons. The van der Waals surface area contributed by atoms with Gasteiger partial charge in [0, 0.05) is 23.5 Å². The van der Waals surface area contributed by atoms with Gasteiger partial charge in [0.15, 0.2) is 0 Å². The molecule has 19 heavy (non-hydrogen) atoms. The van der Waals surface area contributed by atoms with Crippen LogP contribution in [-0.4, -0.2) is 14.6 Å². The summed E-state index contributed by atoms with van der Waals surface area (Å²) < 4.78 is 15.2. The molecule has 0 amide bonds. The number of nitrogens with zero attached hydrogens (tertiary/aromatic N) is 3. The van der Waals surface area contributed by atoms with Crippen molar-refractivity contribution in [3.05, 3.63) is 54.2 Å². The minimum Gasteiger partial charge on any atom is -0.261 e. The molecule has 3 aromatic heterocycles. The van der Waals surface area contributed by atoms with E-state index in [1.165, 1.54) is 30.7 Å². The van der Waals surface area contributed by atoms with Crippen LogP contribution < -0.4 is 0 Å². The van der Waals surface area contributed by atoms with Crippen LogP contribution in [-0.2, 0) is 0 Å². The van der Waals surface area contributed by atoms with Crippen LogP contribution in [0.2, 0.25) is 0 Å². The van der Waals surface area contributed by atoms with E-state index in [2.05, 4.69) is 16.1 Å². The van der Waals surface area contributed by atoms with Gasteiger partial charge in [-0.25, -0.2) is 8.91 Å². The zero-order chi connectivity index (χ0) is 12.8. The molecule has 3 heterocycles. The molecule has 4 heteroatoms. The Morgan fingerprint density at radius 1 is 1.21 bits per heavy atom. The maximum absolute atomic E-state index is 13.4. The molecule has 4 rings (SSSR count). The molecule has 0 spiro atoms. The first-order valence-electron chi connectivity index (χ1n) is 6.41. The first-order chi connectivity index (χ1) is 9.33. The van der Waals surface area contributed by atoms with Crippen LogP contribution >= 0.6 is 0 Å². The van der Waals surface area contributed by atoms with Crippen LogP contribution in [0, 0.1) is 5.82 Å². The molecule has 0 aromatic carbocycles. The average Bonchev–Trinajstić information content (AvgIpc) is 3.18. The van der Waals surface area contributed by atoms with Crippen molar-refractivity contribution in [2.24, 2.45) is 0 Å². The number of pyridine rings is 2. The molecule has 0 aliphatic heterocycles. The average molecular weight is 253 g/mol. The lowest BCUT2D eigenvalue weighted by Crippen LogP contribution is -1.88. The van der Waals surface area contributed by atoms with Crippen LogP contribution in [0.15, 0.2) is 42.9 Å². The normalized spacial score (nSPS) is 15.0. The van der Waals surface area contributed by atoms with Gasteiger partial charge in [-0.15, -0.1) is 0 Å². The molecule has 1 aliphatic rings. The third kappa shape index (κ3) is 1.71. The van der Waals surface area contributed by atoms with E-state index < -0.39 is 0 Å². The molecule has 1 saturated carbocycles. The SMILES string of the molecule is Fc1cncc(-c2nn3ccccc3c2C2CC2)c1. The number of halogens is 1. The van der Waals surface area contributed by atoms with Gasteiger partial charge >= 0.3 is 0 Å². The summed E-state index contributed by atoms with van der Waals surface area (Å²) in [6.07, 6.45) is 7.20. The van der Waals surface area contributed by atoms with Crippen molar-refractivity contribution < 1.29 is 4.39 Å². The van der Waals surface area contributed by atoms with E-state index in [-0.39, 0.29) is 5.82 Å². The van der Waals surface area contributed by atoms with Gasteiger partial charge in [-0.1, -0.05) is 6.07 Å². The lowest BCUT2D eigenvalue weighted by molar-refractivity contribution is 0.622. The molecule has 3 nitrogen and oxygen atoms in total. The Hall–Kier alpha value is -2.23. The lowest BCUT2D eigenvalue weighted by atomic mass is 10.0. The predicted octanol–water partition coefficient (Wildman–Crippen LogP) is 3.41. The van der Waals surface area contributed by atoms with Crippen molar-refractivity contribution in [3.8, 4) is 11.3 Å². The maximum Gasteiger partial charge on any atom is 0.142 e. The van der Waals surface area contributed by atoms with E-state index in [9.17, 15) is 4.39 Å². The third-order valence-corrected chi connectivity index (χ3v) is 3.54. The molecule has 0 radical (unpaired) electrons. The second kappa shape index (κ2) is 3.88. The van der Waals surface area contributed by atoms with Gasteiger partial charge in [0.05, 0.1) is 17.4 Å². The van der Waals surface area contributed by atoms with Crippen molar-refractivity contribution in [3.63, 3.8) is 0 Å². The largest absolute Gasteiger partial charge is 0.261 e. The van der Waals surface area contributed by atoms with Gasteiger partial charge in [0.25, 0.3) is 0 Å². The fourth-order valence-electron chi connectivity index (χ4n) is 2.55. The number of aromatic nitrogens is 3. The van der Waals surface area contributed by atoms with Crippen LogP contribution in [0.3, 0.4) is 0 Å². The molecular formula is C15H12FN3. The molecule has 0 bridgehead atoms. The zero-order valence-electron chi connectivity index (χ0n) is 10.3. The Morgan fingerprint density at radius 2 is 2.11 bits per heavy atom. The van der Waals surface area contributed by atoms with Gasteiger partial charge in [-0.05, 0) is 37.0 Å². The van der Waals surface area contributed by atoms with Gasteiger partial charge in [0.2, 0.25) is 0 Å². The Labute approximate surface area is 109 Å². The monoisotopic (exact) mass is 253 g/mol. The molecule has 1 aliphatic carbocycles. The molecule has 0 unspecified atom stereocenters. The second-order valence-corrected chi connectivity index (χ2v) is 4.96. The van der Waals surface area contributed by atoms with E-state index in [0.717, 1.165) is 16.8 Å². The van der Waals surface area contributed by atoms with Crippen LogP contribution in [0.5, 0.6) is 0 Å². The smallest absolute Gasteiger partial charge is 0.142 e. The van der Waals surface area contributed by atoms with E-state index in [1.54, 1.807) is 6.20 Å². The molecule has 1 fully saturated rings. The number of hydrogen-bond acceptors (Lipinski definition) is 2. The van der Waals surface area contributed by atoms with Gasteiger partial charge in [0.1, 0.15) is 5.82 Å². The fraction of sp³-hybridized carbons (Fsp3) is 0.200. The summed E-state index contributed by atoms with van der Waals surface area (Å²) in [5, 5.41) is 4.60. The summed E-state index contributed by atoms with van der Waals surface area (Å²) in [6, 6.07) is 7.53. The van der Waals surface area contributed by atoms with Crippen LogP contribution in [0.1, 0.15) is 24.3 Å². The van der Waals surface area contributed by atoms with Crippen molar-refractivity contribution >= 4 is 5.52 Å². The lowest BCUT2D eigenvalue weighted by Gasteiger charge is -2.00. The Bertz CT molecular complexity index is 759. The Kier molecular flexibility index (Phi) is 2.18. The summed E-state index contributed by atoms with van der Waals surface area (Å²) in [4.78, 5) is 3.93. The number of hydrogen-bond donors (Lipinski definition) is 0. The first-order valence-corrected chi connectivity index (χ1v) is 6.41. The summed E-state index contributed by atoms with van der Waals surface area (Å²) >= 11 is 0. The summed E-state index contributed by atoms with van der Waals surface area (Å²) in [6.45, 7) is 0. The number of rotatable bonds is 2. The van der Waals surface area contributed by atoms with Crippen LogP contribution in [0.4, 0.5) is 4.39 Å². The highest BCUT2D eigenvalue weighted by Crippen LogP contribution is 2.46. The molecule has 0 N–H and O–H groups in total.